The van der Waals surface area contributed by atoms with E-state index in [1.165, 1.54) is 11.1 Å². The van der Waals surface area contributed by atoms with E-state index in [-0.39, 0.29) is 0 Å². The molecule has 5 heteroatoms. The lowest BCUT2D eigenvalue weighted by molar-refractivity contribution is 0.226. The lowest BCUT2D eigenvalue weighted by Crippen LogP contribution is -2.43. The van der Waals surface area contributed by atoms with Crippen LogP contribution in [0.5, 0.6) is 0 Å². The van der Waals surface area contributed by atoms with Crippen molar-refractivity contribution in [1.29, 1.82) is 0 Å². The monoisotopic (exact) mass is 322 g/mol. The third kappa shape index (κ3) is 2.55. The summed E-state index contributed by atoms with van der Waals surface area (Å²) < 4.78 is 3.34. The molecule has 3 rings (SSSR count). The fourth-order valence-electron chi connectivity index (χ4n) is 2.79. The number of piperazine rings is 1. The predicted octanol–water partition coefficient (Wildman–Crippen LogP) is 2.05. The summed E-state index contributed by atoms with van der Waals surface area (Å²) in [6, 6.07) is 4.25. The van der Waals surface area contributed by atoms with Gasteiger partial charge in [-0.25, -0.2) is 4.98 Å². The first-order valence-electron chi connectivity index (χ1n) is 6.69. The molecule has 1 fully saturated rings. The molecule has 0 spiro atoms. The molecule has 2 aromatic rings. The Kier molecular flexibility index (Phi) is 3.60. The van der Waals surface area contributed by atoms with Gasteiger partial charge in [-0.15, -0.1) is 0 Å². The summed E-state index contributed by atoms with van der Waals surface area (Å²) in [5.41, 5.74) is 3.60. The summed E-state index contributed by atoms with van der Waals surface area (Å²) in [5.74, 6) is 1.15. The summed E-state index contributed by atoms with van der Waals surface area (Å²) in [4.78, 5) is 7.26. The number of hydrogen-bond donors (Lipinski definition) is 1. The first kappa shape index (κ1) is 13.1. The van der Waals surface area contributed by atoms with E-state index in [1.807, 2.05) is 0 Å². The Morgan fingerprint density at radius 1 is 1.32 bits per heavy atom. The normalized spacial score (nSPS) is 17.2. The summed E-state index contributed by atoms with van der Waals surface area (Å²) in [6.45, 7) is 7.44. The molecule has 0 unspecified atom stereocenters. The van der Waals surface area contributed by atoms with Crippen molar-refractivity contribution in [3.05, 3.63) is 28.0 Å². The Bertz CT molecular complexity index is 599. The number of halogens is 1. The van der Waals surface area contributed by atoms with E-state index in [1.54, 1.807) is 0 Å². The van der Waals surface area contributed by atoms with Gasteiger partial charge in [0.2, 0.25) is 0 Å². The quantitative estimate of drug-likeness (QED) is 0.918. The van der Waals surface area contributed by atoms with Gasteiger partial charge in [0.05, 0.1) is 17.6 Å². The second-order valence-electron chi connectivity index (χ2n) is 5.20. The highest BCUT2D eigenvalue weighted by molar-refractivity contribution is 9.10. The Balaban J connectivity index is 1.95. The minimum atomic E-state index is 0.934. The van der Waals surface area contributed by atoms with E-state index in [2.05, 4.69) is 56.8 Å². The molecule has 0 atom stereocenters. The van der Waals surface area contributed by atoms with E-state index in [4.69, 9.17) is 4.98 Å². The van der Waals surface area contributed by atoms with Crippen molar-refractivity contribution in [2.75, 3.05) is 26.2 Å². The average Bonchev–Trinajstić information content (AvgIpc) is 2.67. The van der Waals surface area contributed by atoms with Gasteiger partial charge in [0.1, 0.15) is 5.82 Å². The molecule has 1 aromatic carbocycles. The third-order valence-electron chi connectivity index (χ3n) is 3.79. The molecule has 4 nitrogen and oxygen atoms in total. The molecular weight excluding hydrogens is 304 g/mol. The zero-order valence-corrected chi connectivity index (χ0v) is 13.0. The molecule has 1 saturated heterocycles. The molecule has 102 valence electrons. The van der Waals surface area contributed by atoms with Crippen LogP contribution >= 0.6 is 15.9 Å². The van der Waals surface area contributed by atoms with Crippen molar-refractivity contribution >= 4 is 27.0 Å². The minimum absolute atomic E-state index is 0.934. The summed E-state index contributed by atoms with van der Waals surface area (Å²) in [5, 5.41) is 3.38. The van der Waals surface area contributed by atoms with Crippen molar-refractivity contribution < 1.29 is 0 Å². The number of benzene rings is 1. The molecule has 0 saturated carbocycles. The smallest absolute Gasteiger partial charge is 0.123 e. The van der Waals surface area contributed by atoms with Gasteiger partial charge >= 0.3 is 0 Å². The molecule has 0 radical (unpaired) electrons. The van der Waals surface area contributed by atoms with Gasteiger partial charge in [-0.3, -0.25) is 4.90 Å². The second kappa shape index (κ2) is 5.23. The molecule has 1 aliphatic rings. The Labute approximate surface area is 121 Å². The molecule has 2 heterocycles. The van der Waals surface area contributed by atoms with Crippen LogP contribution in [0, 0.1) is 6.92 Å². The number of imidazole rings is 1. The number of aryl methyl sites for hydroxylation is 2. The highest BCUT2D eigenvalue weighted by atomic mass is 79.9. The summed E-state index contributed by atoms with van der Waals surface area (Å²) in [7, 11) is 2.12. The maximum Gasteiger partial charge on any atom is 0.123 e. The second-order valence-corrected chi connectivity index (χ2v) is 6.12. The lowest BCUT2D eigenvalue weighted by Gasteiger charge is -2.26. The molecule has 0 aliphatic carbocycles. The number of rotatable bonds is 2. The van der Waals surface area contributed by atoms with Crippen LogP contribution in [0.4, 0.5) is 0 Å². The summed E-state index contributed by atoms with van der Waals surface area (Å²) >= 11 is 3.55. The molecule has 0 amide bonds. The standard InChI is InChI=1S/C14H19BrN4/c1-10-7-11(15)8-12-14(10)18(2)13(17-12)9-19-5-3-16-4-6-19/h7-8,16H,3-6,9H2,1-2H3. The van der Waals surface area contributed by atoms with Gasteiger partial charge in [0, 0.05) is 37.7 Å². The summed E-state index contributed by atoms with van der Waals surface area (Å²) in [6.07, 6.45) is 0. The Hall–Kier alpha value is -0.910. The SMILES string of the molecule is Cc1cc(Br)cc2nc(CN3CCNCC3)n(C)c12. The average molecular weight is 323 g/mol. The van der Waals surface area contributed by atoms with Crippen molar-refractivity contribution in [2.24, 2.45) is 7.05 Å². The van der Waals surface area contributed by atoms with Crippen LogP contribution in [0.2, 0.25) is 0 Å². The van der Waals surface area contributed by atoms with Gasteiger partial charge in [0.15, 0.2) is 0 Å². The van der Waals surface area contributed by atoms with E-state index in [0.29, 0.717) is 0 Å². The largest absolute Gasteiger partial charge is 0.330 e. The topological polar surface area (TPSA) is 33.1 Å². The number of fused-ring (bicyclic) bond motifs is 1. The van der Waals surface area contributed by atoms with Crippen LogP contribution in [0.15, 0.2) is 16.6 Å². The Morgan fingerprint density at radius 2 is 2.05 bits per heavy atom. The molecule has 1 N–H and O–H groups in total. The molecule has 1 aromatic heterocycles. The van der Waals surface area contributed by atoms with Crippen LogP contribution < -0.4 is 5.32 Å². The van der Waals surface area contributed by atoms with Crippen LogP contribution in [-0.4, -0.2) is 40.6 Å². The fraction of sp³-hybridized carbons (Fsp3) is 0.500. The van der Waals surface area contributed by atoms with Crippen molar-refractivity contribution in [1.82, 2.24) is 19.8 Å². The van der Waals surface area contributed by atoms with E-state index in [9.17, 15) is 0 Å². The molecule has 0 bridgehead atoms. The van der Waals surface area contributed by atoms with E-state index < -0.39 is 0 Å². The number of nitrogens with one attached hydrogen (secondary N) is 1. The first-order valence-corrected chi connectivity index (χ1v) is 7.49. The van der Waals surface area contributed by atoms with E-state index in [0.717, 1.165) is 48.5 Å². The number of aromatic nitrogens is 2. The van der Waals surface area contributed by atoms with Crippen molar-refractivity contribution in [3.63, 3.8) is 0 Å². The number of hydrogen-bond acceptors (Lipinski definition) is 3. The highest BCUT2D eigenvalue weighted by Crippen LogP contribution is 2.24. The lowest BCUT2D eigenvalue weighted by atomic mass is 10.2. The van der Waals surface area contributed by atoms with E-state index >= 15 is 0 Å². The molecule has 1 aliphatic heterocycles. The van der Waals surface area contributed by atoms with Crippen LogP contribution in [0.1, 0.15) is 11.4 Å². The fourth-order valence-corrected chi connectivity index (χ4v) is 3.35. The van der Waals surface area contributed by atoms with Crippen molar-refractivity contribution in [2.45, 2.75) is 13.5 Å². The predicted molar refractivity (Wildman–Crippen MR) is 81.3 cm³/mol. The van der Waals surface area contributed by atoms with Gasteiger partial charge in [0.25, 0.3) is 0 Å². The molecular formula is C14H19BrN4. The zero-order chi connectivity index (χ0) is 13.4. The van der Waals surface area contributed by atoms with Gasteiger partial charge in [-0.2, -0.15) is 0 Å². The molecule has 19 heavy (non-hydrogen) atoms. The highest BCUT2D eigenvalue weighted by Gasteiger charge is 2.15. The minimum Gasteiger partial charge on any atom is -0.330 e. The third-order valence-corrected chi connectivity index (χ3v) is 4.25. The maximum absolute atomic E-state index is 4.80. The van der Waals surface area contributed by atoms with Gasteiger partial charge < -0.3 is 9.88 Å². The van der Waals surface area contributed by atoms with Gasteiger partial charge in [-0.1, -0.05) is 15.9 Å². The number of nitrogens with zero attached hydrogens (tertiary/aromatic N) is 3. The van der Waals surface area contributed by atoms with Crippen LogP contribution in [-0.2, 0) is 13.6 Å². The van der Waals surface area contributed by atoms with Crippen LogP contribution in [0.25, 0.3) is 11.0 Å². The van der Waals surface area contributed by atoms with Crippen LogP contribution in [0.3, 0.4) is 0 Å². The Morgan fingerprint density at radius 3 is 2.79 bits per heavy atom. The zero-order valence-electron chi connectivity index (χ0n) is 11.4. The first-order chi connectivity index (χ1) is 9.15. The van der Waals surface area contributed by atoms with Crippen molar-refractivity contribution in [3.8, 4) is 0 Å². The van der Waals surface area contributed by atoms with Gasteiger partial charge in [-0.05, 0) is 24.6 Å². The maximum atomic E-state index is 4.80.